The largest absolute Gasteiger partial charge is 0.419 e. The highest BCUT2D eigenvalue weighted by Crippen LogP contribution is 2.33. The van der Waals surface area contributed by atoms with Crippen molar-refractivity contribution in [1.29, 1.82) is 0 Å². The van der Waals surface area contributed by atoms with E-state index in [2.05, 4.69) is 30.8 Å². The van der Waals surface area contributed by atoms with Crippen molar-refractivity contribution < 1.29 is 13.2 Å². The van der Waals surface area contributed by atoms with E-state index in [1.54, 1.807) is 7.05 Å². The molecule has 154 valence electrons. The summed E-state index contributed by atoms with van der Waals surface area (Å²) in [6, 6.07) is 2.30. The molecular weight excluding hydrogens is 472 g/mol. The zero-order chi connectivity index (χ0) is 18.8. The molecule has 3 N–H and O–H groups in total. The van der Waals surface area contributed by atoms with Crippen LogP contribution in [0.3, 0.4) is 0 Å². The fourth-order valence-corrected chi connectivity index (χ4v) is 2.87. The van der Waals surface area contributed by atoms with E-state index in [1.807, 2.05) is 0 Å². The molecule has 1 aromatic rings. The van der Waals surface area contributed by atoms with Crippen molar-refractivity contribution in [2.45, 2.75) is 25.4 Å². The molecule has 10 heteroatoms. The van der Waals surface area contributed by atoms with E-state index in [1.165, 1.54) is 31.5 Å². The van der Waals surface area contributed by atoms with Crippen molar-refractivity contribution in [1.82, 2.24) is 20.5 Å². The van der Waals surface area contributed by atoms with Crippen LogP contribution >= 0.6 is 24.0 Å². The molecule has 0 spiro atoms. The summed E-state index contributed by atoms with van der Waals surface area (Å²) < 4.78 is 38.7. The fraction of sp³-hybridized carbons (Fsp3) is 0.647. The number of aromatic nitrogens is 1. The Balaban J connectivity index is 0.00000364. The second-order valence-corrected chi connectivity index (χ2v) is 6.15. The molecule has 0 aromatic carbocycles. The molecule has 1 fully saturated rings. The third-order valence-electron chi connectivity index (χ3n) is 4.22. The van der Waals surface area contributed by atoms with Gasteiger partial charge in [0.15, 0.2) is 5.96 Å². The molecular formula is C17H28F3IN6. The highest BCUT2D eigenvalue weighted by atomic mass is 127. The first kappa shape index (κ1) is 23.7. The molecule has 0 amide bonds. The Labute approximate surface area is 175 Å². The predicted octanol–water partition coefficient (Wildman–Crippen LogP) is 2.78. The number of nitrogens with one attached hydrogen (secondary N) is 3. The Morgan fingerprint density at radius 2 is 1.85 bits per heavy atom. The Morgan fingerprint density at radius 3 is 2.52 bits per heavy atom. The number of pyridine rings is 1. The molecule has 2 rings (SSSR count). The minimum atomic E-state index is -4.42. The number of anilines is 1. The Kier molecular flexibility index (Phi) is 10.7. The topological polar surface area (TPSA) is 64.6 Å². The normalized spacial score (nSPS) is 15.8. The number of piperidine rings is 1. The van der Waals surface area contributed by atoms with E-state index in [9.17, 15) is 13.2 Å². The first-order valence-electron chi connectivity index (χ1n) is 8.93. The fourth-order valence-electron chi connectivity index (χ4n) is 2.87. The van der Waals surface area contributed by atoms with E-state index < -0.39 is 11.7 Å². The summed E-state index contributed by atoms with van der Waals surface area (Å²) in [5.41, 5.74) is -0.760. The Hall–Kier alpha value is -1.30. The average Bonchev–Trinajstić information content (AvgIpc) is 2.64. The number of likely N-dealkylation sites (tertiary alicyclic amines) is 1. The van der Waals surface area contributed by atoms with Crippen LogP contribution in [-0.2, 0) is 6.18 Å². The van der Waals surface area contributed by atoms with Gasteiger partial charge in [-0.2, -0.15) is 13.2 Å². The molecule has 0 saturated carbocycles. The molecule has 0 bridgehead atoms. The van der Waals surface area contributed by atoms with E-state index >= 15 is 0 Å². The molecule has 1 saturated heterocycles. The van der Waals surface area contributed by atoms with Gasteiger partial charge in [-0.05, 0) is 38.1 Å². The zero-order valence-electron chi connectivity index (χ0n) is 15.5. The molecule has 2 heterocycles. The molecule has 27 heavy (non-hydrogen) atoms. The van der Waals surface area contributed by atoms with E-state index in [0.29, 0.717) is 19.0 Å². The number of hydrogen-bond donors (Lipinski definition) is 3. The van der Waals surface area contributed by atoms with Gasteiger partial charge in [-0.25, -0.2) is 4.98 Å². The van der Waals surface area contributed by atoms with Crippen LogP contribution < -0.4 is 16.0 Å². The highest BCUT2D eigenvalue weighted by Gasteiger charge is 2.33. The average molecular weight is 500 g/mol. The van der Waals surface area contributed by atoms with Gasteiger partial charge in [0.05, 0.1) is 5.56 Å². The van der Waals surface area contributed by atoms with Crippen molar-refractivity contribution in [2.24, 2.45) is 4.99 Å². The van der Waals surface area contributed by atoms with Gasteiger partial charge in [0.2, 0.25) is 0 Å². The van der Waals surface area contributed by atoms with Crippen LogP contribution in [0.15, 0.2) is 23.3 Å². The second kappa shape index (κ2) is 12.2. The van der Waals surface area contributed by atoms with Gasteiger partial charge in [0.25, 0.3) is 0 Å². The maximum atomic E-state index is 12.9. The summed E-state index contributed by atoms with van der Waals surface area (Å²) in [5, 5.41) is 9.03. The van der Waals surface area contributed by atoms with Crippen molar-refractivity contribution in [3.63, 3.8) is 0 Å². The monoisotopic (exact) mass is 500 g/mol. The Bertz CT molecular complexity index is 576. The molecule has 1 aliphatic rings. The van der Waals surface area contributed by atoms with Crippen LogP contribution in [0.1, 0.15) is 24.8 Å². The van der Waals surface area contributed by atoms with Gasteiger partial charge >= 0.3 is 6.18 Å². The lowest BCUT2D eigenvalue weighted by Gasteiger charge is -2.26. The van der Waals surface area contributed by atoms with E-state index in [4.69, 9.17) is 0 Å². The lowest BCUT2D eigenvalue weighted by atomic mass is 10.1. The lowest BCUT2D eigenvalue weighted by molar-refractivity contribution is -0.137. The molecule has 0 radical (unpaired) electrons. The second-order valence-electron chi connectivity index (χ2n) is 6.15. The smallest absolute Gasteiger partial charge is 0.368 e. The third-order valence-corrected chi connectivity index (χ3v) is 4.22. The maximum absolute atomic E-state index is 12.9. The molecule has 1 aromatic heterocycles. The minimum Gasteiger partial charge on any atom is -0.368 e. The van der Waals surface area contributed by atoms with Crippen LogP contribution in [0.5, 0.6) is 0 Å². The Morgan fingerprint density at radius 1 is 1.15 bits per heavy atom. The van der Waals surface area contributed by atoms with Gasteiger partial charge in [-0.3, -0.25) is 4.99 Å². The number of hydrogen-bond acceptors (Lipinski definition) is 4. The maximum Gasteiger partial charge on any atom is 0.419 e. The van der Waals surface area contributed by atoms with Gasteiger partial charge in [0.1, 0.15) is 5.82 Å². The lowest BCUT2D eigenvalue weighted by Crippen LogP contribution is -2.43. The number of halogens is 4. The summed E-state index contributed by atoms with van der Waals surface area (Å²) in [6.07, 6.45) is 0.743. The summed E-state index contributed by atoms with van der Waals surface area (Å²) in [6.45, 7) is 4.75. The van der Waals surface area contributed by atoms with Gasteiger partial charge in [0, 0.05) is 39.4 Å². The van der Waals surface area contributed by atoms with Crippen molar-refractivity contribution in [3.8, 4) is 0 Å². The number of rotatable bonds is 7. The number of alkyl halides is 3. The minimum absolute atomic E-state index is 0. The molecule has 6 nitrogen and oxygen atoms in total. The van der Waals surface area contributed by atoms with Gasteiger partial charge in [-0.15, -0.1) is 24.0 Å². The van der Waals surface area contributed by atoms with Crippen LogP contribution in [-0.4, -0.2) is 62.2 Å². The summed E-state index contributed by atoms with van der Waals surface area (Å²) in [7, 11) is 1.67. The number of guanidine groups is 1. The molecule has 0 atom stereocenters. The molecule has 1 aliphatic heterocycles. The highest BCUT2D eigenvalue weighted by molar-refractivity contribution is 14.0. The standard InChI is InChI=1S/C17H27F3N6.HI/c1-21-16(25-10-13-26-11-3-2-4-12-26)24-9-8-23-15-14(17(18,19)20)6-5-7-22-15;/h5-7H,2-4,8-13H2,1H3,(H,22,23)(H2,21,24,25);1H. The van der Waals surface area contributed by atoms with Crippen molar-refractivity contribution >= 4 is 35.8 Å². The first-order valence-corrected chi connectivity index (χ1v) is 8.93. The number of nitrogens with zero attached hydrogens (tertiary/aromatic N) is 3. The quantitative estimate of drug-likeness (QED) is 0.233. The van der Waals surface area contributed by atoms with E-state index in [-0.39, 0.29) is 29.8 Å². The zero-order valence-corrected chi connectivity index (χ0v) is 17.8. The van der Waals surface area contributed by atoms with Crippen molar-refractivity contribution in [2.75, 3.05) is 51.6 Å². The molecule has 0 aliphatic carbocycles. The SMILES string of the molecule is CN=C(NCCNc1ncccc1C(F)(F)F)NCCN1CCCCC1.I. The van der Waals surface area contributed by atoms with Crippen LogP contribution in [0.25, 0.3) is 0 Å². The van der Waals surface area contributed by atoms with Crippen LogP contribution in [0.4, 0.5) is 19.0 Å². The van der Waals surface area contributed by atoms with Crippen LogP contribution in [0.2, 0.25) is 0 Å². The van der Waals surface area contributed by atoms with Crippen LogP contribution in [0, 0.1) is 0 Å². The summed E-state index contributed by atoms with van der Waals surface area (Å²) in [4.78, 5) is 10.3. The third kappa shape index (κ3) is 8.50. The van der Waals surface area contributed by atoms with E-state index in [0.717, 1.165) is 32.2 Å². The first-order chi connectivity index (χ1) is 12.5. The number of aliphatic imine (C=N–C) groups is 1. The van der Waals surface area contributed by atoms with Crippen molar-refractivity contribution in [3.05, 3.63) is 23.9 Å². The summed E-state index contributed by atoms with van der Waals surface area (Å²) in [5.74, 6) is 0.482. The summed E-state index contributed by atoms with van der Waals surface area (Å²) >= 11 is 0. The predicted molar refractivity (Wildman–Crippen MR) is 113 cm³/mol. The van der Waals surface area contributed by atoms with Gasteiger partial charge in [-0.1, -0.05) is 6.42 Å². The molecule has 0 unspecified atom stereocenters. The van der Waals surface area contributed by atoms with Gasteiger partial charge < -0.3 is 20.9 Å².